The molecule has 0 saturated heterocycles. The molecule has 1 heterocycles. The average molecular weight is 312 g/mol. The summed E-state index contributed by atoms with van der Waals surface area (Å²) in [6.45, 7) is 1.26. The Labute approximate surface area is 129 Å². The lowest BCUT2D eigenvalue weighted by Gasteiger charge is -2.35. The number of nitrogens with zero attached hydrogens (tertiary/aromatic N) is 4. The first-order valence-electron chi connectivity index (χ1n) is 7.80. The molecule has 0 radical (unpaired) electrons. The molecule has 1 aromatic heterocycles. The van der Waals surface area contributed by atoms with Crippen LogP contribution in [0.4, 0.5) is 5.69 Å². The van der Waals surface area contributed by atoms with Gasteiger partial charge in [-0.3, -0.25) is 19.7 Å². The van der Waals surface area contributed by atoms with Crippen molar-refractivity contribution in [1.29, 1.82) is 0 Å². The van der Waals surface area contributed by atoms with E-state index in [1.54, 1.807) is 0 Å². The Bertz CT molecular complexity index is 473. The number of aliphatic hydroxyl groups is 2. The SMILES string of the molecule is O=[N+]([O-])c1cnn(CC(O)CN(CCO)C2CCCCC2)c1. The zero-order valence-corrected chi connectivity index (χ0v) is 12.7. The largest absolute Gasteiger partial charge is 0.395 e. The van der Waals surface area contributed by atoms with Crippen LogP contribution in [-0.2, 0) is 6.54 Å². The van der Waals surface area contributed by atoms with Crippen molar-refractivity contribution in [3.8, 4) is 0 Å². The van der Waals surface area contributed by atoms with Gasteiger partial charge in [0.25, 0.3) is 0 Å². The van der Waals surface area contributed by atoms with Crippen LogP contribution in [0.5, 0.6) is 0 Å². The highest BCUT2D eigenvalue weighted by molar-refractivity contribution is 5.20. The molecule has 0 aromatic carbocycles. The third kappa shape index (κ3) is 4.75. The van der Waals surface area contributed by atoms with Crippen LogP contribution in [0, 0.1) is 10.1 Å². The normalized spacial score (nSPS) is 17.8. The summed E-state index contributed by atoms with van der Waals surface area (Å²) in [6, 6.07) is 0.405. The van der Waals surface area contributed by atoms with Crippen molar-refractivity contribution in [2.24, 2.45) is 0 Å². The molecule has 0 amide bonds. The van der Waals surface area contributed by atoms with Crippen molar-refractivity contribution in [2.45, 2.75) is 50.8 Å². The Balaban J connectivity index is 1.89. The van der Waals surface area contributed by atoms with Gasteiger partial charge in [0.1, 0.15) is 12.4 Å². The second-order valence-corrected chi connectivity index (χ2v) is 5.84. The van der Waals surface area contributed by atoms with Gasteiger partial charge >= 0.3 is 5.69 Å². The monoisotopic (exact) mass is 312 g/mol. The molecule has 1 saturated carbocycles. The van der Waals surface area contributed by atoms with Gasteiger partial charge in [0.05, 0.1) is 24.2 Å². The van der Waals surface area contributed by atoms with Crippen molar-refractivity contribution in [3.63, 3.8) is 0 Å². The van der Waals surface area contributed by atoms with Crippen LogP contribution in [0.25, 0.3) is 0 Å². The summed E-state index contributed by atoms with van der Waals surface area (Å²) in [4.78, 5) is 12.2. The van der Waals surface area contributed by atoms with E-state index in [0.29, 0.717) is 19.1 Å². The lowest BCUT2D eigenvalue weighted by molar-refractivity contribution is -0.385. The quantitative estimate of drug-likeness (QED) is 0.543. The Morgan fingerprint density at radius 1 is 1.45 bits per heavy atom. The predicted molar refractivity (Wildman–Crippen MR) is 80.4 cm³/mol. The van der Waals surface area contributed by atoms with Crippen LogP contribution < -0.4 is 0 Å². The average Bonchev–Trinajstić information content (AvgIpc) is 2.96. The minimum absolute atomic E-state index is 0.0659. The fraction of sp³-hybridized carbons (Fsp3) is 0.786. The van der Waals surface area contributed by atoms with Crippen molar-refractivity contribution >= 4 is 5.69 Å². The Morgan fingerprint density at radius 2 is 2.18 bits per heavy atom. The number of nitro groups is 1. The minimum Gasteiger partial charge on any atom is -0.395 e. The summed E-state index contributed by atoms with van der Waals surface area (Å²) < 4.78 is 1.39. The maximum atomic E-state index is 10.6. The predicted octanol–water partition coefficient (Wildman–Crippen LogP) is 0.779. The number of hydrogen-bond donors (Lipinski definition) is 2. The molecule has 1 unspecified atom stereocenters. The van der Waals surface area contributed by atoms with Gasteiger partial charge in [-0.1, -0.05) is 19.3 Å². The van der Waals surface area contributed by atoms with E-state index in [1.165, 1.54) is 36.3 Å². The van der Waals surface area contributed by atoms with E-state index in [4.69, 9.17) is 0 Å². The molecule has 1 aliphatic carbocycles. The molecule has 1 aromatic rings. The first kappa shape index (κ1) is 16.9. The number of hydrogen-bond acceptors (Lipinski definition) is 6. The summed E-state index contributed by atoms with van der Waals surface area (Å²) in [7, 11) is 0. The molecular formula is C14H24N4O4. The molecule has 0 spiro atoms. The molecule has 1 aliphatic rings. The number of aromatic nitrogens is 2. The fourth-order valence-corrected chi connectivity index (χ4v) is 3.09. The van der Waals surface area contributed by atoms with Crippen LogP contribution in [-0.4, -0.2) is 61.7 Å². The van der Waals surface area contributed by atoms with E-state index in [-0.39, 0.29) is 18.8 Å². The van der Waals surface area contributed by atoms with Crippen molar-refractivity contribution in [1.82, 2.24) is 14.7 Å². The third-order valence-electron chi connectivity index (χ3n) is 4.15. The zero-order valence-electron chi connectivity index (χ0n) is 12.7. The van der Waals surface area contributed by atoms with Gasteiger partial charge in [-0.05, 0) is 12.8 Å². The first-order chi connectivity index (χ1) is 10.6. The van der Waals surface area contributed by atoms with E-state index in [9.17, 15) is 20.3 Å². The third-order valence-corrected chi connectivity index (χ3v) is 4.15. The summed E-state index contributed by atoms with van der Waals surface area (Å²) in [5.41, 5.74) is -0.0771. The second-order valence-electron chi connectivity index (χ2n) is 5.84. The maximum absolute atomic E-state index is 10.6. The fourth-order valence-electron chi connectivity index (χ4n) is 3.09. The van der Waals surface area contributed by atoms with Gasteiger partial charge in [0, 0.05) is 19.1 Å². The number of aliphatic hydroxyl groups excluding tert-OH is 2. The Morgan fingerprint density at radius 3 is 2.77 bits per heavy atom. The first-order valence-corrected chi connectivity index (χ1v) is 7.80. The van der Waals surface area contributed by atoms with Crippen LogP contribution in [0.2, 0.25) is 0 Å². The van der Waals surface area contributed by atoms with E-state index in [2.05, 4.69) is 10.00 Å². The molecule has 1 fully saturated rings. The summed E-state index contributed by atoms with van der Waals surface area (Å²) in [6.07, 6.45) is 7.65. The van der Waals surface area contributed by atoms with Gasteiger partial charge in [0.15, 0.2) is 0 Å². The summed E-state index contributed by atoms with van der Waals surface area (Å²) >= 11 is 0. The second kappa shape index (κ2) is 8.21. The smallest absolute Gasteiger partial charge is 0.306 e. The molecule has 2 N–H and O–H groups in total. The molecular weight excluding hydrogens is 288 g/mol. The van der Waals surface area contributed by atoms with Gasteiger partial charge in [-0.2, -0.15) is 5.10 Å². The van der Waals surface area contributed by atoms with E-state index >= 15 is 0 Å². The van der Waals surface area contributed by atoms with E-state index in [1.807, 2.05) is 0 Å². The van der Waals surface area contributed by atoms with Crippen LogP contribution in [0.1, 0.15) is 32.1 Å². The Hall–Kier alpha value is -1.51. The van der Waals surface area contributed by atoms with Gasteiger partial charge in [-0.25, -0.2) is 0 Å². The van der Waals surface area contributed by atoms with Crippen molar-refractivity contribution < 1.29 is 15.1 Å². The number of rotatable bonds is 8. The molecule has 1 atom stereocenters. The molecule has 0 bridgehead atoms. The lowest BCUT2D eigenvalue weighted by Crippen LogP contribution is -2.44. The molecule has 8 heteroatoms. The van der Waals surface area contributed by atoms with Gasteiger partial charge in [0.2, 0.25) is 0 Å². The van der Waals surface area contributed by atoms with E-state index in [0.717, 1.165) is 12.8 Å². The summed E-state index contributed by atoms with van der Waals surface area (Å²) in [5, 5.41) is 34.0. The van der Waals surface area contributed by atoms with Crippen molar-refractivity contribution in [3.05, 3.63) is 22.5 Å². The lowest BCUT2D eigenvalue weighted by atomic mass is 9.94. The van der Waals surface area contributed by atoms with Crippen molar-refractivity contribution in [2.75, 3.05) is 19.7 Å². The highest BCUT2D eigenvalue weighted by atomic mass is 16.6. The Kier molecular flexibility index (Phi) is 6.29. The zero-order chi connectivity index (χ0) is 15.9. The maximum Gasteiger partial charge on any atom is 0.306 e. The molecule has 2 rings (SSSR count). The minimum atomic E-state index is -0.673. The van der Waals surface area contributed by atoms with Crippen LogP contribution in [0.3, 0.4) is 0 Å². The van der Waals surface area contributed by atoms with Gasteiger partial charge < -0.3 is 10.2 Å². The molecule has 124 valence electrons. The van der Waals surface area contributed by atoms with E-state index < -0.39 is 11.0 Å². The highest BCUT2D eigenvalue weighted by Gasteiger charge is 2.23. The standard InChI is InChI=1S/C14H24N4O4/c19-7-6-16(12-4-2-1-3-5-12)10-14(20)11-17-9-13(8-15-17)18(21)22/h8-9,12,14,19-20H,1-7,10-11H2. The summed E-state index contributed by atoms with van der Waals surface area (Å²) in [5.74, 6) is 0. The van der Waals surface area contributed by atoms with Crippen LogP contribution in [0.15, 0.2) is 12.4 Å². The van der Waals surface area contributed by atoms with Gasteiger partial charge in [-0.15, -0.1) is 0 Å². The topological polar surface area (TPSA) is 105 Å². The molecule has 0 aliphatic heterocycles. The van der Waals surface area contributed by atoms with Crippen LogP contribution >= 0.6 is 0 Å². The molecule has 8 nitrogen and oxygen atoms in total. The molecule has 22 heavy (non-hydrogen) atoms. The highest BCUT2D eigenvalue weighted by Crippen LogP contribution is 2.22.